The molecule has 2 amide bonds. The van der Waals surface area contributed by atoms with Gasteiger partial charge in [0.05, 0.1) is 12.7 Å². The molecule has 2 aliphatic heterocycles. The number of ether oxygens (including phenoxy) is 1. The highest BCUT2D eigenvalue weighted by molar-refractivity contribution is 5.73. The van der Waals surface area contributed by atoms with Gasteiger partial charge in [0.1, 0.15) is 0 Å². The zero-order valence-corrected chi connectivity index (χ0v) is 10.4. The Bertz CT molecular complexity index is 256. The molecule has 0 aromatic heterocycles. The lowest BCUT2D eigenvalue weighted by Crippen LogP contribution is -2.54. The summed E-state index contributed by atoms with van der Waals surface area (Å²) in [5.74, 6) is 0. The molecule has 2 rings (SSSR count). The highest BCUT2D eigenvalue weighted by Crippen LogP contribution is 2.07. The average molecular weight is 242 g/mol. The number of rotatable bonds is 2. The predicted molar refractivity (Wildman–Crippen MR) is 65.1 cm³/mol. The molecule has 2 aliphatic rings. The maximum atomic E-state index is 11.5. The Morgan fingerprint density at radius 1 is 1.41 bits per heavy atom. The van der Waals surface area contributed by atoms with E-state index in [0.717, 1.165) is 32.7 Å². The first kappa shape index (κ1) is 12.6. The molecule has 98 valence electrons. The summed E-state index contributed by atoms with van der Waals surface area (Å²) in [6.07, 6.45) is 0.152. The summed E-state index contributed by atoms with van der Waals surface area (Å²) in [7, 11) is 1.67. The molecule has 2 saturated heterocycles. The van der Waals surface area contributed by atoms with E-state index in [4.69, 9.17) is 4.74 Å². The van der Waals surface area contributed by atoms with Crippen LogP contribution >= 0.6 is 0 Å². The van der Waals surface area contributed by atoms with E-state index in [9.17, 15) is 4.79 Å². The van der Waals surface area contributed by atoms with Gasteiger partial charge in [-0.3, -0.25) is 4.90 Å². The van der Waals surface area contributed by atoms with Gasteiger partial charge in [0.15, 0.2) is 0 Å². The molecular formula is C11H22N4O2. The molecule has 0 aliphatic carbocycles. The molecule has 2 N–H and O–H groups in total. The monoisotopic (exact) mass is 242 g/mol. The van der Waals surface area contributed by atoms with Crippen molar-refractivity contribution in [1.82, 2.24) is 20.4 Å². The van der Waals surface area contributed by atoms with Gasteiger partial charge in [-0.1, -0.05) is 0 Å². The van der Waals surface area contributed by atoms with Crippen LogP contribution in [-0.4, -0.2) is 81.4 Å². The van der Waals surface area contributed by atoms with E-state index in [1.54, 1.807) is 7.05 Å². The molecule has 0 aromatic carbocycles. The first-order valence-electron chi connectivity index (χ1n) is 6.31. The van der Waals surface area contributed by atoms with Crippen LogP contribution in [0.3, 0.4) is 0 Å². The Balaban J connectivity index is 1.78. The third-order valence-corrected chi connectivity index (χ3v) is 3.31. The van der Waals surface area contributed by atoms with E-state index in [1.807, 2.05) is 4.90 Å². The van der Waals surface area contributed by atoms with Gasteiger partial charge < -0.3 is 20.3 Å². The summed E-state index contributed by atoms with van der Waals surface area (Å²) in [6, 6.07) is -0.00129. The van der Waals surface area contributed by atoms with Gasteiger partial charge >= 0.3 is 6.03 Å². The zero-order valence-electron chi connectivity index (χ0n) is 10.4. The number of nitrogens with zero attached hydrogens (tertiary/aromatic N) is 2. The maximum absolute atomic E-state index is 11.5. The Morgan fingerprint density at radius 2 is 2.18 bits per heavy atom. The highest BCUT2D eigenvalue weighted by Gasteiger charge is 2.25. The van der Waals surface area contributed by atoms with Crippen LogP contribution in [0.4, 0.5) is 4.79 Å². The van der Waals surface area contributed by atoms with Crippen molar-refractivity contribution in [3.8, 4) is 0 Å². The molecule has 0 bridgehead atoms. The Kier molecular flexibility index (Phi) is 4.58. The van der Waals surface area contributed by atoms with E-state index < -0.39 is 0 Å². The lowest BCUT2D eigenvalue weighted by Gasteiger charge is -2.36. The standard InChI is InChI=1S/C11H22N4O2/c1-12-11(16)15-6-7-17-10(9-15)8-14-4-2-13-3-5-14/h10,13H,2-9H2,1H3,(H,12,16). The van der Waals surface area contributed by atoms with Crippen molar-refractivity contribution >= 4 is 6.03 Å². The van der Waals surface area contributed by atoms with Crippen molar-refractivity contribution in [1.29, 1.82) is 0 Å². The molecule has 0 saturated carbocycles. The first-order valence-corrected chi connectivity index (χ1v) is 6.31. The summed E-state index contributed by atoms with van der Waals surface area (Å²) in [5, 5.41) is 6.00. The van der Waals surface area contributed by atoms with Gasteiger partial charge in [0.25, 0.3) is 0 Å². The van der Waals surface area contributed by atoms with E-state index in [2.05, 4.69) is 15.5 Å². The Morgan fingerprint density at radius 3 is 2.88 bits per heavy atom. The van der Waals surface area contributed by atoms with E-state index >= 15 is 0 Å². The van der Waals surface area contributed by atoms with Crippen LogP contribution in [0.5, 0.6) is 0 Å². The quantitative estimate of drug-likeness (QED) is 0.647. The minimum atomic E-state index is -0.00129. The van der Waals surface area contributed by atoms with Gasteiger partial charge in [0.2, 0.25) is 0 Å². The number of hydrogen-bond acceptors (Lipinski definition) is 4. The van der Waals surface area contributed by atoms with Gasteiger partial charge in [-0.2, -0.15) is 0 Å². The van der Waals surface area contributed by atoms with E-state index in [-0.39, 0.29) is 12.1 Å². The summed E-state index contributed by atoms with van der Waals surface area (Å²) >= 11 is 0. The second-order valence-corrected chi connectivity index (χ2v) is 4.54. The fourth-order valence-corrected chi connectivity index (χ4v) is 2.35. The van der Waals surface area contributed by atoms with Crippen molar-refractivity contribution in [3.05, 3.63) is 0 Å². The topological polar surface area (TPSA) is 56.8 Å². The predicted octanol–water partition coefficient (Wildman–Crippen LogP) is -1.07. The van der Waals surface area contributed by atoms with Crippen molar-refractivity contribution < 1.29 is 9.53 Å². The third kappa shape index (κ3) is 3.55. The van der Waals surface area contributed by atoms with E-state index in [0.29, 0.717) is 19.7 Å². The summed E-state index contributed by atoms with van der Waals surface area (Å²) in [4.78, 5) is 15.8. The number of nitrogens with one attached hydrogen (secondary N) is 2. The minimum absolute atomic E-state index is 0.00129. The van der Waals surface area contributed by atoms with Crippen LogP contribution in [-0.2, 0) is 4.74 Å². The molecule has 6 heteroatoms. The second-order valence-electron chi connectivity index (χ2n) is 4.54. The average Bonchev–Trinajstić information content (AvgIpc) is 2.39. The lowest BCUT2D eigenvalue weighted by molar-refractivity contribution is -0.0315. The molecule has 6 nitrogen and oxygen atoms in total. The largest absolute Gasteiger partial charge is 0.373 e. The molecule has 0 spiro atoms. The molecule has 1 unspecified atom stereocenters. The molecule has 0 radical (unpaired) electrons. The Hall–Kier alpha value is -0.850. The fourth-order valence-electron chi connectivity index (χ4n) is 2.35. The third-order valence-electron chi connectivity index (χ3n) is 3.31. The van der Waals surface area contributed by atoms with Crippen molar-refractivity contribution in [2.45, 2.75) is 6.10 Å². The van der Waals surface area contributed by atoms with Crippen LogP contribution in [0.25, 0.3) is 0 Å². The molecule has 2 fully saturated rings. The summed E-state index contributed by atoms with van der Waals surface area (Å²) < 4.78 is 5.72. The van der Waals surface area contributed by atoms with Crippen LogP contribution in [0.1, 0.15) is 0 Å². The highest BCUT2D eigenvalue weighted by atomic mass is 16.5. The smallest absolute Gasteiger partial charge is 0.317 e. The minimum Gasteiger partial charge on any atom is -0.373 e. The normalized spacial score (nSPS) is 26.9. The molecular weight excluding hydrogens is 220 g/mol. The number of carbonyl (C=O) groups excluding carboxylic acids is 1. The molecule has 0 aromatic rings. The SMILES string of the molecule is CNC(=O)N1CCOC(CN2CCNCC2)C1. The van der Waals surface area contributed by atoms with Crippen LogP contribution in [0, 0.1) is 0 Å². The van der Waals surface area contributed by atoms with Crippen molar-refractivity contribution in [2.75, 3.05) is 59.5 Å². The van der Waals surface area contributed by atoms with E-state index in [1.165, 1.54) is 0 Å². The first-order chi connectivity index (χ1) is 8.29. The number of urea groups is 1. The summed E-state index contributed by atoms with van der Waals surface area (Å²) in [6.45, 7) is 7.19. The number of amides is 2. The van der Waals surface area contributed by atoms with Crippen molar-refractivity contribution in [3.63, 3.8) is 0 Å². The van der Waals surface area contributed by atoms with Gasteiger partial charge in [0, 0.05) is 52.9 Å². The maximum Gasteiger partial charge on any atom is 0.317 e. The number of hydrogen-bond donors (Lipinski definition) is 2. The fraction of sp³-hybridized carbons (Fsp3) is 0.909. The van der Waals surface area contributed by atoms with Gasteiger partial charge in [-0.15, -0.1) is 0 Å². The van der Waals surface area contributed by atoms with Crippen molar-refractivity contribution in [2.24, 2.45) is 0 Å². The summed E-state index contributed by atoms with van der Waals surface area (Å²) in [5.41, 5.74) is 0. The molecule has 1 atom stereocenters. The van der Waals surface area contributed by atoms with Crippen LogP contribution < -0.4 is 10.6 Å². The van der Waals surface area contributed by atoms with Crippen LogP contribution in [0.15, 0.2) is 0 Å². The lowest BCUT2D eigenvalue weighted by atomic mass is 10.2. The number of morpholine rings is 1. The number of carbonyl (C=O) groups is 1. The number of piperazine rings is 1. The molecule has 2 heterocycles. The Labute approximate surface area is 102 Å². The zero-order chi connectivity index (χ0) is 12.1. The van der Waals surface area contributed by atoms with Gasteiger partial charge in [-0.25, -0.2) is 4.79 Å². The second kappa shape index (κ2) is 6.18. The van der Waals surface area contributed by atoms with Gasteiger partial charge in [-0.05, 0) is 0 Å². The molecule has 17 heavy (non-hydrogen) atoms. The van der Waals surface area contributed by atoms with Crippen LogP contribution in [0.2, 0.25) is 0 Å².